The average Bonchev–Trinajstić information content (AvgIpc) is 3.20. The summed E-state index contributed by atoms with van der Waals surface area (Å²) in [5, 5.41) is 11.9. The van der Waals surface area contributed by atoms with E-state index in [0.29, 0.717) is 12.4 Å². The molecule has 104 valence electrons. The first-order valence-electron chi connectivity index (χ1n) is 6.36. The molecule has 0 aromatic heterocycles. The lowest BCUT2D eigenvalue weighted by molar-refractivity contribution is -0.122. The van der Waals surface area contributed by atoms with Crippen LogP contribution in [0.25, 0.3) is 0 Å². The Hall–Kier alpha value is -1.75. The highest BCUT2D eigenvalue weighted by molar-refractivity contribution is 5.77. The van der Waals surface area contributed by atoms with E-state index in [-0.39, 0.29) is 24.5 Å². The van der Waals surface area contributed by atoms with Gasteiger partial charge in [-0.3, -0.25) is 4.79 Å². The number of aliphatic hydroxyl groups is 1. The molecule has 2 N–H and O–H groups in total. The fraction of sp³-hybridized carbons (Fsp3) is 0.500. The van der Waals surface area contributed by atoms with E-state index in [9.17, 15) is 4.79 Å². The predicted molar refractivity (Wildman–Crippen MR) is 70.3 cm³/mol. The molecule has 0 spiro atoms. The third-order valence-corrected chi connectivity index (χ3v) is 3.22. The van der Waals surface area contributed by atoms with Gasteiger partial charge in [0.05, 0.1) is 32.3 Å². The van der Waals surface area contributed by atoms with Crippen LogP contribution in [-0.4, -0.2) is 36.9 Å². The topological polar surface area (TPSA) is 67.8 Å². The Morgan fingerprint density at radius 1 is 1.32 bits per heavy atom. The van der Waals surface area contributed by atoms with Crippen LogP contribution < -0.4 is 14.8 Å². The van der Waals surface area contributed by atoms with E-state index in [2.05, 4.69) is 5.32 Å². The number of amides is 1. The summed E-state index contributed by atoms with van der Waals surface area (Å²) in [5.74, 6) is 1.39. The summed E-state index contributed by atoms with van der Waals surface area (Å²) in [5.41, 5.74) is -0.350. The lowest BCUT2D eigenvalue weighted by Gasteiger charge is -2.14. The summed E-state index contributed by atoms with van der Waals surface area (Å²) in [4.78, 5) is 11.6. The highest BCUT2D eigenvalue weighted by atomic mass is 16.5. The van der Waals surface area contributed by atoms with E-state index in [4.69, 9.17) is 14.6 Å². The van der Waals surface area contributed by atoms with Crippen molar-refractivity contribution < 1.29 is 19.4 Å². The van der Waals surface area contributed by atoms with Crippen LogP contribution in [0.2, 0.25) is 0 Å². The van der Waals surface area contributed by atoms with E-state index in [0.717, 1.165) is 18.6 Å². The standard InChI is InChI=1S/C14H19NO4/c1-18-11-2-4-12(5-3-11)19-9-6-13(17)15-14(10-16)7-8-14/h2-5,16H,6-10H2,1H3,(H,15,17). The maximum atomic E-state index is 11.6. The van der Waals surface area contributed by atoms with Gasteiger partial charge in [0.1, 0.15) is 11.5 Å². The number of hydrogen-bond donors (Lipinski definition) is 2. The molecule has 1 amide bonds. The van der Waals surface area contributed by atoms with Crippen molar-refractivity contribution in [2.45, 2.75) is 24.8 Å². The molecule has 5 heteroatoms. The molecule has 1 fully saturated rings. The Morgan fingerprint density at radius 3 is 2.47 bits per heavy atom. The molecule has 19 heavy (non-hydrogen) atoms. The molecule has 0 saturated heterocycles. The second kappa shape index (κ2) is 5.93. The number of benzene rings is 1. The molecule has 5 nitrogen and oxygen atoms in total. The van der Waals surface area contributed by atoms with Crippen LogP contribution in [0.15, 0.2) is 24.3 Å². The molecule has 0 aliphatic heterocycles. The van der Waals surface area contributed by atoms with Crippen LogP contribution in [0.5, 0.6) is 11.5 Å². The summed E-state index contributed by atoms with van der Waals surface area (Å²) in [6, 6.07) is 7.21. The molecule has 0 radical (unpaired) electrons. The Balaban J connectivity index is 1.69. The van der Waals surface area contributed by atoms with Gasteiger partial charge in [-0.2, -0.15) is 0 Å². The van der Waals surface area contributed by atoms with Crippen molar-refractivity contribution in [1.29, 1.82) is 0 Å². The van der Waals surface area contributed by atoms with Gasteiger partial charge in [-0.15, -0.1) is 0 Å². The number of nitrogens with one attached hydrogen (secondary N) is 1. The molecule has 0 heterocycles. The molecule has 1 aliphatic rings. The van der Waals surface area contributed by atoms with Gasteiger partial charge in [-0.05, 0) is 37.1 Å². The van der Waals surface area contributed by atoms with Crippen LogP contribution in [0, 0.1) is 0 Å². The SMILES string of the molecule is COc1ccc(OCCC(=O)NC2(CO)CC2)cc1. The Labute approximate surface area is 112 Å². The number of aliphatic hydroxyl groups excluding tert-OH is 1. The fourth-order valence-electron chi connectivity index (χ4n) is 1.77. The summed E-state index contributed by atoms with van der Waals surface area (Å²) >= 11 is 0. The van der Waals surface area contributed by atoms with Crippen molar-refractivity contribution >= 4 is 5.91 Å². The monoisotopic (exact) mass is 265 g/mol. The second-order valence-electron chi connectivity index (χ2n) is 4.76. The highest BCUT2D eigenvalue weighted by Crippen LogP contribution is 2.34. The lowest BCUT2D eigenvalue weighted by atomic mass is 10.2. The molecule has 0 bridgehead atoms. The van der Waals surface area contributed by atoms with Crippen LogP contribution in [0.1, 0.15) is 19.3 Å². The van der Waals surface area contributed by atoms with E-state index in [1.807, 2.05) is 0 Å². The summed E-state index contributed by atoms with van der Waals surface area (Å²) in [6.07, 6.45) is 2.00. The largest absolute Gasteiger partial charge is 0.497 e. The minimum Gasteiger partial charge on any atom is -0.497 e. The molecular weight excluding hydrogens is 246 g/mol. The van der Waals surface area contributed by atoms with Crippen molar-refractivity contribution in [1.82, 2.24) is 5.32 Å². The molecule has 1 saturated carbocycles. The Morgan fingerprint density at radius 2 is 1.95 bits per heavy atom. The summed E-state index contributed by atoms with van der Waals surface area (Å²) in [6.45, 7) is 0.331. The maximum Gasteiger partial charge on any atom is 0.223 e. The van der Waals surface area contributed by atoms with Crippen molar-refractivity contribution in [3.05, 3.63) is 24.3 Å². The maximum absolute atomic E-state index is 11.6. The molecule has 2 rings (SSSR count). The van der Waals surface area contributed by atoms with Gasteiger partial charge in [0.2, 0.25) is 5.91 Å². The molecular formula is C14H19NO4. The van der Waals surface area contributed by atoms with Crippen LogP contribution in [0.3, 0.4) is 0 Å². The molecule has 1 aromatic carbocycles. The first kappa shape index (κ1) is 13.7. The van der Waals surface area contributed by atoms with Gasteiger partial charge < -0.3 is 19.9 Å². The van der Waals surface area contributed by atoms with E-state index < -0.39 is 0 Å². The number of methoxy groups -OCH3 is 1. The zero-order valence-corrected chi connectivity index (χ0v) is 11.0. The van der Waals surface area contributed by atoms with E-state index >= 15 is 0 Å². The van der Waals surface area contributed by atoms with Gasteiger partial charge in [-0.1, -0.05) is 0 Å². The third kappa shape index (κ3) is 3.86. The number of rotatable bonds is 7. The zero-order chi connectivity index (χ0) is 13.7. The van der Waals surface area contributed by atoms with Crippen molar-refractivity contribution in [2.24, 2.45) is 0 Å². The van der Waals surface area contributed by atoms with E-state index in [1.54, 1.807) is 31.4 Å². The minimum atomic E-state index is -0.350. The Kier molecular flexibility index (Phi) is 4.27. The Bertz CT molecular complexity index is 426. The zero-order valence-electron chi connectivity index (χ0n) is 11.0. The average molecular weight is 265 g/mol. The number of carbonyl (C=O) groups excluding carboxylic acids is 1. The highest BCUT2D eigenvalue weighted by Gasteiger charge is 2.43. The molecule has 1 aliphatic carbocycles. The van der Waals surface area contributed by atoms with Gasteiger partial charge >= 0.3 is 0 Å². The minimum absolute atomic E-state index is 0.0120. The quantitative estimate of drug-likeness (QED) is 0.775. The van der Waals surface area contributed by atoms with Crippen molar-refractivity contribution in [2.75, 3.05) is 20.3 Å². The van der Waals surface area contributed by atoms with Gasteiger partial charge in [0.25, 0.3) is 0 Å². The van der Waals surface area contributed by atoms with Crippen LogP contribution in [0.4, 0.5) is 0 Å². The number of ether oxygens (including phenoxy) is 2. The number of carbonyl (C=O) groups is 1. The second-order valence-corrected chi connectivity index (χ2v) is 4.76. The van der Waals surface area contributed by atoms with Gasteiger partial charge in [0.15, 0.2) is 0 Å². The van der Waals surface area contributed by atoms with E-state index in [1.165, 1.54) is 0 Å². The normalized spacial score (nSPS) is 15.7. The summed E-state index contributed by atoms with van der Waals surface area (Å²) < 4.78 is 10.5. The van der Waals surface area contributed by atoms with Crippen LogP contribution >= 0.6 is 0 Å². The number of hydrogen-bond acceptors (Lipinski definition) is 4. The van der Waals surface area contributed by atoms with Crippen LogP contribution in [-0.2, 0) is 4.79 Å². The molecule has 1 aromatic rings. The fourth-order valence-corrected chi connectivity index (χ4v) is 1.77. The van der Waals surface area contributed by atoms with Gasteiger partial charge in [-0.25, -0.2) is 0 Å². The first-order chi connectivity index (χ1) is 9.17. The molecule has 0 unspecified atom stereocenters. The predicted octanol–water partition coefficient (Wildman–Crippen LogP) is 1.11. The summed E-state index contributed by atoms with van der Waals surface area (Å²) in [7, 11) is 1.61. The smallest absolute Gasteiger partial charge is 0.223 e. The first-order valence-corrected chi connectivity index (χ1v) is 6.36. The molecule has 0 atom stereocenters. The third-order valence-electron chi connectivity index (χ3n) is 3.22. The van der Waals surface area contributed by atoms with Gasteiger partial charge in [0, 0.05) is 0 Å². The van der Waals surface area contributed by atoms with Crippen molar-refractivity contribution in [3.63, 3.8) is 0 Å². The van der Waals surface area contributed by atoms with Crippen molar-refractivity contribution in [3.8, 4) is 11.5 Å². The lowest BCUT2D eigenvalue weighted by Crippen LogP contribution is -2.40.